The van der Waals surface area contributed by atoms with Crippen LogP contribution in [0, 0.1) is 0 Å². The van der Waals surface area contributed by atoms with Gasteiger partial charge in [-0.15, -0.1) is 0 Å². The number of thioether (sulfide) groups is 1. The van der Waals surface area contributed by atoms with Crippen LogP contribution in [0.3, 0.4) is 0 Å². The summed E-state index contributed by atoms with van der Waals surface area (Å²) in [5, 5.41) is 17.4. The summed E-state index contributed by atoms with van der Waals surface area (Å²) >= 11 is 1.48. The van der Waals surface area contributed by atoms with Crippen molar-refractivity contribution in [2.24, 2.45) is 0 Å². The number of aliphatic hydroxyl groups is 1. The summed E-state index contributed by atoms with van der Waals surface area (Å²) in [5.41, 5.74) is 0. The monoisotopic (exact) mass is 192 g/mol. The maximum atomic E-state index is 10.2. The van der Waals surface area contributed by atoms with Crippen molar-refractivity contribution in [2.75, 3.05) is 5.75 Å². The van der Waals surface area contributed by atoms with Gasteiger partial charge in [0.2, 0.25) is 0 Å². The van der Waals surface area contributed by atoms with Gasteiger partial charge >= 0.3 is 5.97 Å². The lowest BCUT2D eigenvalue weighted by Crippen LogP contribution is -2.25. The van der Waals surface area contributed by atoms with E-state index in [1.54, 1.807) is 0 Å². The molecule has 0 spiro atoms. The van der Waals surface area contributed by atoms with E-state index in [4.69, 9.17) is 10.2 Å². The van der Waals surface area contributed by atoms with Crippen molar-refractivity contribution in [3.63, 3.8) is 0 Å². The molecule has 12 heavy (non-hydrogen) atoms. The largest absolute Gasteiger partial charge is 0.479 e. The van der Waals surface area contributed by atoms with Crippen molar-refractivity contribution in [1.29, 1.82) is 0 Å². The van der Waals surface area contributed by atoms with Crippen molar-refractivity contribution < 1.29 is 15.0 Å². The van der Waals surface area contributed by atoms with Gasteiger partial charge in [0, 0.05) is 10.5 Å². The summed E-state index contributed by atoms with van der Waals surface area (Å²) in [7, 11) is 0. The van der Waals surface area contributed by atoms with Gasteiger partial charge in [0.25, 0.3) is 0 Å². The van der Waals surface area contributed by atoms with Gasteiger partial charge in [0.05, 0.1) is 0 Å². The third-order valence-corrected chi connectivity index (χ3v) is 3.32. The molecule has 0 heterocycles. The van der Waals surface area contributed by atoms with Gasteiger partial charge in [-0.25, -0.2) is 4.79 Å². The zero-order chi connectivity index (χ0) is 9.78. The number of carboxylic acid groups (broad SMARTS) is 1. The minimum atomic E-state index is -1.24. The summed E-state index contributed by atoms with van der Waals surface area (Å²) in [4.78, 5) is 10.2. The molecule has 0 aromatic rings. The molecular formula is C8H16O3S. The number of hydrogen-bond donors (Lipinski definition) is 2. The average molecular weight is 192 g/mol. The molecular weight excluding hydrogens is 176 g/mol. The predicted octanol–water partition coefficient (Wildman–Crippen LogP) is 1.35. The molecule has 0 aliphatic rings. The molecule has 2 N–H and O–H groups in total. The van der Waals surface area contributed by atoms with Crippen LogP contribution in [0.1, 0.15) is 27.2 Å². The molecule has 1 atom stereocenters. The average Bonchev–Trinajstić information content (AvgIpc) is 2.00. The molecule has 0 amide bonds. The van der Waals surface area contributed by atoms with Crippen LogP contribution in [0.15, 0.2) is 0 Å². The first kappa shape index (κ1) is 11.8. The fourth-order valence-corrected chi connectivity index (χ4v) is 1.43. The number of rotatable bonds is 5. The van der Waals surface area contributed by atoms with Crippen LogP contribution in [0.25, 0.3) is 0 Å². The fourth-order valence-electron chi connectivity index (χ4n) is 0.478. The van der Waals surface area contributed by atoms with E-state index in [1.807, 2.05) is 20.8 Å². The summed E-state index contributed by atoms with van der Waals surface area (Å²) in [6.07, 6.45) is -0.273. The number of aliphatic carboxylic acids is 1. The van der Waals surface area contributed by atoms with Crippen LogP contribution < -0.4 is 0 Å². The summed E-state index contributed by atoms with van der Waals surface area (Å²) in [6.45, 7) is 6.11. The summed E-state index contributed by atoms with van der Waals surface area (Å²) in [5.74, 6) is -0.884. The Labute approximate surface area is 77.2 Å². The molecule has 0 saturated heterocycles. The van der Waals surface area contributed by atoms with Gasteiger partial charge in [-0.05, 0) is 6.42 Å². The second kappa shape index (κ2) is 4.72. The lowest BCUT2D eigenvalue weighted by Gasteiger charge is -2.22. The highest BCUT2D eigenvalue weighted by molar-refractivity contribution is 8.00. The number of carbonyl (C=O) groups is 1. The SMILES string of the molecule is CCC(C)(C)SC[C@H](O)C(=O)O. The molecule has 0 bridgehead atoms. The summed E-state index contributed by atoms with van der Waals surface area (Å²) in [6, 6.07) is 0. The van der Waals surface area contributed by atoms with E-state index in [0.717, 1.165) is 6.42 Å². The molecule has 0 rings (SSSR count). The van der Waals surface area contributed by atoms with Crippen LogP contribution in [-0.2, 0) is 4.79 Å². The van der Waals surface area contributed by atoms with Gasteiger partial charge in [-0.3, -0.25) is 0 Å². The molecule has 0 aliphatic heterocycles. The van der Waals surface area contributed by atoms with Crippen molar-refractivity contribution in [3.05, 3.63) is 0 Å². The number of aliphatic hydroxyl groups excluding tert-OH is 1. The van der Waals surface area contributed by atoms with Gasteiger partial charge < -0.3 is 10.2 Å². The molecule has 0 fully saturated rings. The highest BCUT2D eigenvalue weighted by atomic mass is 32.2. The highest BCUT2D eigenvalue weighted by Crippen LogP contribution is 2.27. The molecule has 4 heteroatoms. The smallest absolute Gasteiger partial charge is 0.333 e. The van der Waals surface area contributed by atoms with Crippen LogP contribution in [-0.4, -0.2) is 32.8 Å². The predicted molar refractivity (Wildman–Crippen MR) is 50.5 cm³/mol. The van der Waals surface area contributed by atoms with E-state index in [9.17, 15) is 4.79 Å². The lowest BCUT2D eigenvalue weighted by atomic mass is 10.1. The molecule has 72 valence electrons. The topological polar surface area (TPSA) is 57.5 Å². The van der Waals surface area contributed by atoms with Crippen LogP contribution in [0.4, 0.5) is 0 Å². The Bertz CT molecular complexity index is 156. The normalized spacial score (nSPS) is 14.3. The standard InChI is InChI=1S/C8H16O3S/c1-4-8(2,3)12-5-6(9)7(10)11/h6,9H,4-5H2,1-3H3,(H,10,11)/t6-/m0/s1. The quantitative estimate of drug-likeness (QED) is 0.690. The third kappa shape index (κ3) is 4.62. The Morgan fingerprint density at radius 1 is 1.58 bits per heavy atom. The first-order chi connectivity index (χ1) is 5.39. The first-order valence-electron chi connectivity index (χ1n) is 3.94. The fraction of sp³-hybridized carbons (Fsp3) is 0.875. The van der Waals surface area contributed by atoms with E-state index >= 15 is 0 Å². The van der Waals surface area contributed by atoms with Gasteiger partial charge in [-0.1, -0.05) is 20.8 Å². The zero-order valence-corrected chi connectivity index (χ0v) is 8.52. The molecule has 0 aliphatic carbocycles. The maximum absolute atomic E-state index is 10.2. The van der Waals surface area contributed by atoms with Crippen LogP contribution in [0.2, 0.25) is 0 Å². The minimum absolute atomic E-state index is 0.0520. The van der Waals surface area contributed by atoms with Gasteiger partial charge in [0.15, 0.2) is 6.10 Å². The summed E-state index contributed by atoms with van der Waals surface area (Å²) < 4.78 is 0.0520. The van der Waals surface area contributed by atoms with E-state index in [0.29, 0.717) is 0 Å². The van der Waals surface area contributed by atoms with Crippen molar-refractivity contribution in [2.45, 2.75) is 38.0 Å². The Hall–Kier alpha value is -0.220. The van der Waals surface area contributed by atoms with Crippen molar-refractivity contribution in [3.8, 4) is 0 Å². The molecule has 0 aromatic carbocycles. The highest BCUT2D eigenvalue weighted by Gasteiger charge is 2.20. The van der Waals surface area contributed by atoms with E-state index in [1.165, 1.54) is 11.8 Å². The van der Waals surface area contributed by atoms with E-state index in [2.05, 4.69) is 0 Å². The van der Waals surface area contributed by atoms with Gasteiger partial charge in [-0.2, -0.15) is 11.8 Å². The zero-order valence-electron chi connectivity index (χ0n) is 7.70. The third-order valence-electron chi connectivity index (χ3n) is 1.77. The van der Waals surface area contributed by atoms with Crippen molar-refractivity contribution in [1.82, 2.24) is 0 Å². The Morgan fingerprint density at radius 2 is 2.08 bits per heavy atom. The number of hydrogen-bond acceptors (Lipinski definition) is 3. The van der Waals surface area contributed by atoms with Crippen LogP contribution >= 0.6 is 11.8 Å². The molecule has 0 aromatic heterocycles. The maximum Gasteiger partial charge on any atom is 0.333 e. The Morgan fingerprint density at radius 3 is 2.42 bits per heavy atom. The molecule has 0 unspecified atom stereocenters. The van der Waals surface area contributed by atoms with E-state index < -0.39 is 12.1 Å². The van der Waals surface area contributed by atoms with Gasteiger partial charge in [0.1, 0.15) is 0 Å². The first-order valence-corrected chi connectivity index (χ1v) is 4.92. The number of carboxylic acids is 1. The van der Waals surface area contributed by atoms with E-state index in [-0.39, 0.29) is 10.5 Å². The van der Waals surface area contributed by atoms with Crippen LogP contribution in [0.5, 0.6) is 0 Å². The Kier molecular flexibility index (Phi) is 4.63. The lowest BCUT2D eigenvalue weighted by molar-refractivity contribution is -0.145. The minimum Gasteiger partial charge on any atom is -0.479 e. The second-order valence-corrected chi connectivity index (χ2v) is 5.01. The van der Waals surface area contributed by atoms with Crippen molar-refractivity contribution >= 4 is 17.7 Å². The Balaban J connectivity index is 3.75. The molecule has 0 saturated carbocycles. The molecule has 0 radical (unpaired) electrons. The second-order valence-electron chi connectivity index (χ2n) is 3.28. The molecule has 3 nitrogen and oxygen atoms in total.